The summed E-state index contributed by atoms with van der Waals surface area (Å²) in [6.45, 7) is 0. The van der Waals surface area contributed by atoms with Crippen molar-refractivity contribution in [2.24, 2.45) is 0 Å². The van der Waals surface area contributed by atoms with E-state index in [1.54, 1.807) is 18.3 Å². The molecule has 0 saturated heterocycles. The second-order valence-electron chi connectivity index (χ2n) is 2.96. The Hall–Kier alpha value is -2.68. The minimum atomic E-state index is -1.13. The predicted molar refractivity (Wildman–Crippen MR) is 53.0 cm³/mol. The molecule has 0 saturated carbocycles. The first-order chi connectivity index (χ1) is 7.72. The molecule has 6 nitrogen and oxygen atoms in total. The molecular weight excluding hydrogens is 208 g/mol. The second-order valence-corrected chi connectivity index (χ2v) is 2.96. The van der Waals surface area contributed by atoms with E-state index >= 15 is 0 Å². The molecule has 16 heavy (non-hydrogen) atoms. The Balaban J connectivity index is 2.43. The Labute approximate surface area is 90.4 Å². The number of hydrogen-bond acceptors (Lipinski definition) is 4. The number of rotatable bonds is 2. The van der Waals surface area contributed by atoms with Crippen molar-refractivity contribution in [3.8, 4) is 11.9 Å². The molecule has 0 aromatic carbocycles. The summed E-state index contributed by atoms with van der Waals surface area (Å²) < 4.78 is 1.53. The van der Waals surface area contributed by atoms with Crippen molar-refractivity contribution >= 4 is 5.97 Å². The highest BCUT2D eigenvalue weighted by Crippen LogP contribution is 2.08. The van der Waals surface area contributed by atoms with Crippen LogP contribution in [0.1, 0.15) is 16.2 Å². The number of carbonyl (C=O) groups is 1. The second kappa shape index (κ2) is 3.82. The Morgan fingerprint density at radius 2 is 2.19 bits per heavy atom. The summed E-state index contributed by atoms with van der Waals surface area (Å²) in [7, 11) is 0. The molecule has 0 aliphatic rings. The van der Waals surface area contributed by atoms with Gasteiger partial charge in [-0.25, -0.2) is 4.79 Å². The van der Waals surface area contributed by atoms with Crippen LogP contribution in [0.25, 0.3) is 5.82 Å². The molecule has 2 heterocycles. The maximum atomic E-state index is 10.6. The van der Waals surface area contributed by atoms with Crippen LogP contribution in [0.15, 0.2) is 30.5 Å². The summed E-state index contributed by atoms with van der Waals surface area (Å²) >= 11 is 0. The number of nitrogens with zero attached hydrogens (tertiary/aromatic N) is 4. The largest absolute Gasteiger partial charge is 0.476 e. The lowest BCUT2D eigenvalue weighted by Crippen LogP contribution is -2.05. The Kier molecular flexibility index (Phi) is 2.36. The van der Waals surface area contributed by atoms with Crippen LogP contribution in [0.2, 0.25) is 0 Å². The van der Waals surface area contributed by atoms with Crippen molar-refractivity contribution in [3.05, 3.63) is 41.9 Å². The van der Waals surface area contributed by atoms with Crippen molar-refractivity contribution in [2.75, 3.05) is 0 Å². The van der Waals surface area contributed by atoms with Crippen molar-refractivity contribution in [2.45, 2.75) is 0 Å². The predicted octanol–water partition coefficient (Wildman–Crippen LogP) is 0.837. The Bertz CT molecular complexity index is 565. The first kappa shape index (κ1) is 9.86. The quantitative estimate of drug-likeness (QED) is 0.799. The van der Waals surface area contributed by atoms with Gasteiger partial charge in [-0.15, -0.1) is 10.2 Å². The maximum Gasteiger partial charge on any atom is 0.356 e. The van der Waals surface area contributed by atoms with Crippen LogP contribution in [0.4, 0.5) is 0 Å². The summed E-state index contributed by atoms with van der Waals surface area (Å²) in [5, 5.41) is 24.7. The average molecular weight is 214 g/mol. The first-order valence-corrected chi connectivity index (χ1v) is 4.37. The van der Waals surface area contributed by atoms with Crippen LogP contribution in [0.5, 0.6) is 0 Å². The fraction of sp³-hybridized carbons (Fsp3) is 0. The lowest BCUT2D eigenvalue weighted by molar-refractivity contribution is 0.0689. The third-order valence-electron chi connectivity index (χ3n) is 1.98. The molecule has 0 radical (unpaired) electrons. The van der Waals surface area contributed by atoms with Gasteiger partial charge in [0, 0.05) is 6.20 Å². The van der Waals surface area contributed by atoms with Crippen LogP contribution >= 0.6 is 0 Å². The van der Waals surface area contributed by atoms with Crippen molar-refractivity contribution < 1.29 is 9.90 Å². The zero-order valence-electron chi connectivity index (χ0n) is 8.03. The number of hydrogen-bond donors (Lipinski definition) is 1. The summed E-state index contributed by atoms with van der Waals surface area (Å²) in [4.78, 5) is 10.6. The van der Waals surface area contributed by atoms with Crippen molar-refractivity contribution in [3.63, 3.8) is 0 Å². The van der Waals surface area contributed by atoms with Gasteiger partial charge >= 0.3 is 5.97 Å². The molecule has 2 aromatic rings. The lowest BCUT2D eigenvalue weighted by Gasteiger charge is -2.02. The number of aromatic carboxylic acids is 1. The zero-order valence-corrected chi connectivity index (χ0v) is 8.03. The molecule has 0 bridgehead atoms. The minimum absolute atomic E-state index is 0.130. The van der Waals surface area contributed by atoms with Gasteiger partial charge in [-0.1, -0.05) is 0 Å². The number of carboxylic acids is 1. The van der Waals surface area contributed by atoms with E-state index in [0.29, 0.717) is 11.5 Å². The normalized spacial score (nSPS) is 9.69. The molecule has 0 amide bonds. The van der Waals surface area contributed by atoms with E-state index in [2.05, 4.69) is 10.2 Å². The molecule has 78 valence electrons. The van der Waals surface area contributed by atoms with Crippen molar-refractivity contribution in [1.82, 2.24) is 14.8 Å². The van der Waals surface area contributed by atoms with Crippen LogP contribution in [-0.2, 0) is 0 Å². The number of carboxylic acid groups (broad SMARTS) is 1. The molecule has 2 rings (SSSR count). The van der Waals surface area contributed by atoms with E-state index in [0.717, 1.165) is 0 Å². The standard InChI is InChI=1S/C10H6N4O2/c11-6-7-2-1-5-14(7)9-4-3-8(10(15)16)12-13-9/h1-5H,(H,15,16). The summed E-state index contributed by atoms with van der Waals surface area (Å²) in [5.74, 6) is -0.724. The van der Waals surface area contributed by atoms with Gasteiger partial charge in [0.1, 0.15) is 11.8 Å². The van der Waals surface area contributed by atoms with Gasteiger partial charge in [0.15, 0.2) is 11.5 Å². The van der Waals surface area contributed by atoms with Gasteiger partial charge in [0.05, 0.1) is 0 Å². The summed E-state index contributed by atoms with van der Waals surface area (Å²) in [5.41, 5.74) is 0.284. The molecule has 0 unspecified atom stereocenters. The smallest absolute Gasteiger partial charge is 0.356 e. The Morgan fingerprint density at radius 1 is 1.38 bits per heavy atom. The molecule has 6 heteroatoms. The third-order valence-corrected chi connectivity index (χ3v) is 1.98. The molecule has 0 fully saturated rings. The van der Waals surface area contributed by atoms with Gasteiger partial charge in [-0.3, -0.25) is 4.57 Å². The molecule has 0 aliphatic heterocycles. The highest BCUT2D eigenvalue weighted by Gasteiger charge is 2.07. The summed E-state index contributed by atoms with van der Waals surface area (Å²) in [6, 6.07) is 8.16. The molecule has 0 aliphatic carbocycles. The fourth-order valence-electron chi connectivity index (χ4n) is 1.24. The van der Waals surface area contributed by atoms with Gasteiger partial charge in [-0.05, 0) is 24.3 Å². The molecule has 0 spiro atoms. The van der Waals surface area contributed by atoms with Gasteiger partial charge in [-0.2, -0.15) is 5.26 Å². The fourth-order valence-corrected chi connectivity index (χ4v) is 1.24. The monoisotopic (exact) mass is 214 g/mol. The lowest BCUT2D eigenvalue weighted by atomic mass is 10.4. The van der Waals surface area contributed by atoms with Crippen LogP contribution in [-0.4, -0.2) is 25.8 Å². The number of nitriles is 1. The maximum absolute atomic E-state index is 10.6. The Morgan fingerprint density at radius 3 is 2.75 bits per heavy atom. The van der Waals surface area contributed by atoms with Gasteiger partial charge in [0.2, 0.25) is 0 Å². The highest BCUT2D eigenvalue weighted by atomic mass is 16.4. The molecule has 0 atom stereocenters. The first-order valence-electron chi connectivity index (χ1n) is 4.37. The minimum Gasteiger partial charge on any atom is -0.476 e. The zero-order chi connectivity index (χ0) is 11.5. The SMILES string of the molecule is N#Cc1cccn1-c1ccc(C(=O)O)nn1. The van der Waals surface area contributed by atoms with E-state index < -0.39 is 5.97 Å². The highest BCUT2D eigenvalue weighted by molar-refractivity contribution is 5.85. The molecular formula is C10H6N4O2. The van der Waals surface area contributed by atoms with E-state index in [4.69, 9.17) is 10.4 Å². The van der Waals surface area contributed by atoms with E-state index in [9.17, 15) is 4.79 Å². The van der Waals surface area contributed by atoms with Gasteiger partial charge < -0.3 is 5.11 Å². The van der Waals surface area contributed by atoms with Gasteiger partial charge in [0.25, 0.3) is 0 Å². The number of aromatic nitrogens is 3. The third kappa shape index (κ3) is 1.62. The van der Waals surface area contributed by atoms with Crippen LogP contribution in [0, 0.1) is 11.3 Å². The van der Waals surface area contributed by atoms with Crippen LogP contribution < -0.4 is 0 Å². The van der Waals surface area contributed by atoms with E-state index in [1.807, 2.05) is 6.07 Å². The topological polar surface area (TPSA) is 91.8 Å². The van der Waals surface area contributed by atoms with E-state index in [1.165, 1.54) is 16.7 Å². The van der Waals surface area contributed by atoms with Crippen LogP contribution in [0.3, 0.4) is 0 Å². The van der Waals surface area contributed by atoms with Crippen molar-refractivity contribution in [1.29, 1.82) is 5.26 Å². The molecule has 1 N–H and O–H groups in total. The molecule has 2 aromatic heterocycles. The van der Waals surface area contributed by atoms with E-state index in [-0.39, 0.29) is 5.69 Å². The summed E-state index contributed by atoms with van der Waals surface area (Å²) in [6.07, 6.45) is 1.66. The average Bonchev–Trinajstić information content (AvgIpc) is 2.77.